The number of methoxy groups -OCH3 is 1. The van der Waals surface area contributed by atoms with Crippen molar-refractivity contribution in [2.75, 3.05) is 21.0 Å². The molecule has 0 atom stereocenters. The number of thiophene rings is 1. The summed E-state index contributed by atoms with van der Waals surface area (Å²) in [6.07, 6.45) is 3.44. The lowest BCUT2D eigenvalue weighted by molar-refractivity contribution is -0.144. The number of carbonyl (C=O) groups is 1. The molecule has 2 heterocycles. The Hall–Kier alpha value is -1.50. The number of fused-ring (bicyclic) bond motifs is 1. The van der Waals surface area contributed by atoms with Crippen LogP contribution in [0, 0.1) is 0 Å². The topological polar surface area (TPSA) is 51.7 Å². The van der Waals surface area contributed by atoms with Crippen LogP contribution in [0.15, 0.2) is 24.5 Å². The molecule has 0 aliphatic carbocycles. The molecular weight excluding hydrogens is 240 g/mol. The predicted molar refractivity (Wildman–Crippen MR) is 64.7 cm³/mol. The minimum absolute atomic E-state index is 0.0990. The van der Waals surface area contributed by atoms with E-state index in [2.05, 4.69) is 4.98 Å². The zero-order valence-corrected chi connectivity index (χ0v) is 10.4. The van der Waals surface area contributed by atoms with Gasteiger partial charge < -0.3 is 4.74 Å². The van der Waals surface area contributed by atoms with E-state index in [1.54, 1.807) is 12.4 Å². The van der Waals surface area contributed by atoms with E-state index in [9.17, 15) is 4.79 Å². The molecule has 2 aromatic heterocycles. The summed E-state index contributed by atoms with van der Waals surface area (Å²) in [6, 6.07) is 3.70. The molecule has 0 saturated heterocycles. The smallest absolute Gasteiger partial charge is 0.289 e. The second-order valence-electron chi connectivity index (χ2n) is 3.31. The Bertz CT molecular complexity index is 493. The highest BCUT2D eigenvalue weighted by molar-refractivity contribution is 7.20. The van der Waals surface area contributed by atoms with Crippen molar-refractivity contribution in [2.24, 2.45) is 0 Å². The molecule has 1 amide bonds. The van der Waals surface area contributed by atoms with Gasteiger partial charge in [0.2, 0.25) is 0 Å². The van der Waals surface area contributed by atoms with Crippen molar-refractivity contribution in [2.45, 2.75) is 0 Å². The minimum atomic E-state index is -0.212. The van der Waals surface area contributed by atoms with Crippen molar-refractivity contribution in [1.29, 1.82) is 0 Å². The number of amides is 1. The van der Waals surface area contributed by atoms with Gasteiger partial charge in [0.1, 0.15) is 6.73 Å². The zero-order chi connectivity index (χ0) is 12.3. The standard InChI is InChI=1S/C11H12N2O3S/c1-15-7-13(16-2)11(14)9-5-8-3-4-12-6-10(8)17-9/h3-6H,7H2,1-2H3. The highest BCUT2D eigenvalue weighted by Crippen LogP contribution is 2.25. The molecule has 0 aliphatic heterocycles. The van der Waals surface area contributed by atoms with Gasteiger partial charge in [-0.1, -0.05) is 0 Å². The van der Waals surface area contributed by atoms with E-state index in [0.29, 0.717) is 4.88 Å². The van der Waals surface area contributed by atoms with Crippen molar-refractivity contribution in [3.63, 3.8) is 0 Å². The first-order chi connectivity index (χ1) is 8.26. The first-order valence-corrected chi connectivity index (χ1v) is 5.76. The number of hydrogen-bond acceptors (Lipinski definition) is 5. The molecular formula is C11H12N2O3S. The van der Waals surface area contributed by atoms with Gasteiger partial charge in [-0.2, -0.15) is 5.06 Å². The lowest BCUT2D eigenvalue weighted by Gasteiger charge is -2.17. The van der Waals surface area contributed by atoms with Crippen molar-refractivity contribution in [3.05, 3.63) is 29.4 Å². The maximum absolute atomic E-state index is 12.0. The third kappa shape index (κ3) is 2.44. The van der Waals surface area contributed by atoms with Crippen LogP contribution in [-0.2, 0) is 9.57 Å². The molecule has 0 saturated carbocycles. The fourth-order valence-electron chi connectivity index (χ4n) is 1.42. The SMILES string of the molecule is COCN(OC)C(=O)c1cc2ccncc2s1. The third-order valence-electron chi connectivity index (χ3n) is 2.23. The van der Waals surface area contributed by atoms with Crippen LogP contribution in [0.2, 0.25) is 0 Å². The van der Waals surface area contributed by atoms with Gasteiger partial charge in [0.05, 0.1) is 16.7 Å². The Morgan fingerprint density at radius 2 is 2.35 bits per heavy atom. The van der Waals surface area contributed by atoms with Gasteiger partial charge in [-0.25, -0.2) is 0 Å². The summed E-state index contributed by atoms with van der Waals surface area (Å²) in [5.74, 6) is -0.212. The molecule has 0 aromatic carbocycles. The largest absolute Gasteiger partial charge is 0.362 e. The number of nitrogens with zero attached hydrogens (tertiary/aromatic N) is 2. The van der Waals surface area contributed by atoms with Crippen molar-refractivity contribution >= 4 is 27.3 Å². The van der Waals surface area contributed by atoms with Crippen LogP contribution in [0.25, 0.3) is 10.1 Å². The lowest BCUT2D eigenvalue weighted by Crippen LogP contribution is -2.31. The minimum Gasteiger partial charge on any atom is -0.362 e. The fraction of sp³-hybridized carbons (Fsp3) is 0.273. The zero-order valence-electron chi connectivity index (χ0n) is 9.54. The van der Waals surface area contributed by atoms with Crippen LogP contribution in [0.3, 0.4) is 0 Å². The summed E-state index contributed by atoms with van der Waals surface area (Å²) in [6.45, 7) is 0.0990. The van der Waals surface area contributed by atoms with E-state index in [1.807, 2.05) is 12.1 Å². The van der Waals surface area contributed by atoms with E-state index < -0.39 is 0 Å². The molecule has 6 heteroatoms. The van der Waals surface area contributed by atoms with Crippen LogP contribution >= 0.6 is 11.3 Å². The van der Waals surface area contributed by atoms with E-state index in [-0.39, 0.29) is 12.6 Å². The van der Waals surface area contributed by atoms with Gasteiger partial charge >= 0.3 is 0 Å². The van der Waals surface area contributed by atoms with Crippen LogP contribution in [0.4, 0.5) is 0 Å². The number of hydrogen-bond donors (Lipinski definition) is 0. The van der Waals surface area contributed by atoms with E-state index in [1.165, 1.54) is 25.6 Å². The van der Waals surface area contributed by atoms with Crippen molar-refractivity contribution in [1.82, 2.24) is 10.0 Å². The number of pyridine rings is 1. The molecule has 0 bridgehead atoms. The normalized spacial score (nSPS) is 10.7. The van der Waals surface area contributed by atoms with Gasteiger partial charge in [-0.15, -0.1) is 11.3 Å². The summed E-state index contributed by atoms with van der Waals surface area (Å²) in [5.41, 5.74) is 0. The van der Waals surface area contributed by atoms with E-state index in [0.717, 1.165) is 15.1 Å². The Morgan fingerprint density at radius 1 is 1.53 bits per heavy atom. The predicted octanol–water partition coefficient (Wildman–Crippen LogP) is 1.90. The van der Waals surface area contributed by atoms with Gasteiger partial charge in [-0.3, -0.25) is 14.6 Å². The van der Waals surface area contributed by atoms with Gasteiger partial charge in [-0.05, 0) is 17.5 Å². The average molecular weight is 252 g/mol. The summed E-state index contributed by atoms with van der Waals surface area (Å²) in [4.78, 5) is 21.6. The van der Waals surface area contributed by atoms with Gasteiger partial charge in [0.25, 0.3) is 5.91 Å². The monoisotopic (exact) mass is 252 g/mol. The third-order valence-corrected chi connectivity index (χ3v) is 3.30. The quantitative estimate of drug-likeness (QED) is 0.616. The van der Waals surface area contributed by atoms with Crippen molar-refractivity contribution < 1.29 is 14.4 Å². The van der Waals surface area contributed by atoms with Crippen LogP contribution in [-0.4, -0.2) is 36.9 Å². The summed E-state index contributed by atoms with van der Waals surface area (Å²) >= 11 is 1.39. The Morgan fingerprint density at radius 3 is 3.00 bits per heavy atom. The highest BCUT2D eigenvalue weighted by atomic mass is 32.1. The van der Waals surface area contributed by atoms with E-state index >= 15 is 0 Å². The number of rotatable bonds is 4. The molecule has 0 radical (unpaired) electrons. The molecule has 0 fully saturated rings. The Labute approximate surface area is 103 Å². The second kappa shape index (κ2) is 5.22. The molecule has 90 valence electrons. The molecule has 0 aliphatic rings. The maximum Gasteiger partial charge on any atom is 0.289 e. The highest BCUT2D eigenvalue weighted by Gasteiger charge is 2.17. The average Bonchev–Trinajstić information content (AvgIpc) is 2.78. The van der Waals surface area contributed by atoms with E-state index in [4.69, 9.17) is 9.57 Å². The number of carbonyl (C=O) groups excluding carboxylic acids is 1. The summed E-state index contributed by atoms with van der Waals surface area (Å²) < 4.78 is 5.86. The maximum atomic E-state index is 12.0. The molecule has 2 aromatic rings. The van der Waals surface area contributed by atoms with Crippen LogP contribution in [0.5, 0.6) is 0 Å². The number of hydroxylamine groups is 2. The van der Waals surface area contributed by atoms with Crippen LogP contribution < -0.4 is 0 Å². The summed E-state index contributed by atoms with van der Waals surface area (Å²) in [7, 11) is 2.94. The lowest BCUT2D eigenvalue weighted by atomic mass is 10.3. The van der Waals surface area contributed by atoms with Crippen LogP contribution in [0.1, 0.15) is 9.67 Å². The first kappa shape index (κ1) is 12.0. The molecule has 2 rings (SSSR count). The first-order valence-electron chi connectivity index (χ1n) is 4.94. The second-order valence-corrected chi connectivity index (χ2v) is 4.39. The molecule has 0 unspecified atom stereocenters. The molecule has 0 spiro atoms. The summed E-state index contributed by atoms with van der Waals surface area (Å²) in [5, 5.41) is 2.17. The number of aromatic nitrogens is 1. The van der Waals surface area contributed by atoms with Gasteiger partial charge in [0.15, 0.2) is 0 Å². The Balaban J connectivity index is 2.29. The molecule has 17 heavy (non-hydrogen) atoms. The Kier molecular flexibility index (Phi) is 3.68. The molecule has 5 nitrogen and oxygen atoms in total. The van der Waals surface area contributed by atoms with Gasteiger partial charge in [0, 0.05) is 19.5 Å². The molecule has 0 N–H and O–H groups in total. The van der Waals surface area contributed by atoms with Crippen molar-refractivity contribution in [3.8, 4) is 0 Å². The fourth-order valence-corrected chi connectivity index (χ4v) is 2.39. The number of ether oxygens (including phenoxy) is 1.